The molecule has 1 fully saturated rings. The Balaban J connectivity index is 1.60. The highest BCUT2D eigenvalue weighted by Gasteiger charge is 2.21. The summed E-state index contributed by atoms with van der Waals surface area (Å²) in [6, 6.07) is 10.6. The summed E-state index contributed by atoms with van der Waals surface area (Å²) in [5, 5.41) is 7.80. The fourth-order valence-electron chi connectivity index (χ4n) is 4.68. The molecule has 31 heavy (non-hydrogen) atoms. The van der Waals surface area contributed by atoms with Crippen LogP contribution in [0.3, 0.4) is 0 Å². The average molecular weight is 419 g/mol. The van der Waals surface area contributed by atoms with Crippen molar-refractivity contribution < 1.29 is 4.79 Å². The van der Waals surface area contributed by atoms with Crippen molar-refractivity contribution in [3.8, 4) is 11.3 Å². The normalized spacial score (nSPS) is 17.8. The molecular formula is C26H34N4O. The number of nitrogens with zero attached hydrogens (tertiary/aromatic N) is 1. The Morgan fingerprint density at radius 1 is 1.23 bits per heavy atom. The number of rotatable bonds is 6. The van der Waals surface area contributed by atoms with Gasteiger partial charge in [0.2, 0.25) is 5.91 Å². The fraction of sp³-hybridized carbons (Fsp3) is 0.462. The average Bonchev–Trinajstić information content (AvgIpc) is 3.17. The molecule has 1 saturated heterocycles. The van der Waals surface area contributed by atoms with E-state index in [9.17, 15) is 4.79 Å². The first kappa shape index (κ1) is 21.6. The maximum atomic E-state index is 12.9. The van der Waals surface area contributed by atoms with E-state index in [4.69, 9.17) is 0 Å². The highest BCUT2D eigenvalue weighted by Crippen LogP contribution is 2.36. The van der Waals surface area contributed by atoms with Crippen LogP contribution >= 0.6 is 0 Å². The van der Waals surface area contributed by atoms with Crippen molar-refractivity contribution in [3.05, 3.63) is 53.3 Å². The Kier molecular flexibility index (Phi) is 6.42. The second-order valence-corrected chi connectivity index (χ2v) is 9.24. The third-order valence-corrected chi connectivity index (χ3v) is 6.48. The van der Waals surface area contributed by atoms with E-state index in [1.54, 1.807) is 0 Å². The van der Waals surface area contributed by atoms with Crippen LogP contribution < -0.4 is 10.6 Å². The Hall–Kier alpha value is -2.66. The zero-order valence-corrected chi connectivity index (χ0v) is 19.1. The first-order valence-corrected chi connectivity index (χ1v) is 11.5. The van der Waals surface area contributed by atoms with Gasteiger partial charge in [0.05, 0.1) is 11.6 Å². The third kappa shape index (κ3) is 4.67. The SMILES string of the molecule is Cc1cc(-c2[nH]c3ccc(C(C)C(=O)NCC4CCCNC4)cc3c2C(C)C)ccn1. The number of piperidine rings is 1. The van der Waals surface area contributed by atoms with Crippen molar-refractivity contribution in [1.82, 2.24) is 20.6 Å². The second kappa shape index (κ2) is 9.23. The van der Waals surface area contributed by atoms with Crippen LogP contribution in [0.25, 0.3) is 22.2 Å². The lowest BCUT2D eigenvalue weighted by atomic mass is 9.93. The number of H-pyrrole nitrogens is 1. The van der Waals surface area contributed by atoms with Crippen LogP contribution in [0.4, 0.5) is 0 Å². The molecule has 5 heteroatoms. The zero-order valence-electron chi connectivity index (χ0n) is 19.1. The number of hydrogen-bond donors (Lipinski definition) is 3. The van der Waals surface area contributed by atoms with Crippen LogP contribution in [0.1, 0.15) is 62.3 Å². The number of fused-ring (bicyclic) bond motifs is 1. The third-order valence-electron chi connectivity index (χ3n) is 6.48. The van der Waals surface area contributed by atoms with Gasteiger partial charge in [-0.2, -0.15) is 0 Å². The van der Waals surface area contributed by atoms with E-state index in [1.165, 1.54) is 23.8 Å². The van der Waals surface area contributed by atoms with Gasteiger partial charge >= 0.3 is 0 Å². The van der Waals surface area contributed by atoms with Crippen molar-refractivity contribution >= 4 is 16.8 Å². The largest absolute Gasteiger partial charge is 0.355 e. The number of aromatic amines is 1. The molecule has 3 aromatic rings. The molecule has 4 rings (SSSR count). The number of carbonyl (C=O) groups is 1. The molecule has 2 atom stereocenters. The smallest absolute Gasteiger partial charge is 0.227 e. The number of nitrogens with one attached hydrogen (secondary N) is 3. The Bertz CT molecular complexity index is 1060. The van der Waals surface area contributed by atoms with Crippen LogP contribution in [-0.4, -0.2) is 35.5 Å². The van der Waals surface area contributed by atoms with E-state index < -0.39 is 0 Å². The maximum absolute atomic E-state index is 12.9. The van der Waals surface area contributed by atoms with E-state index in [2.05, 4.69) is 64.8 Å². The minimum absolute atomic E-state index is 0.108. The number of carbonyl (C=O) groups excluding carboxylic acids is 1. The first-order chi connectivity index (χ1) is 14.9. The quantitative estimate of drug-likeness (QED) is 0.534. The molecule has 1 aliphatic heterocycles. The molecule has 3 heterocycles. The molecule has 1 aliphatic rings. The van der Waals surface area contributed by atoms with E-state index in [-0.39, 0.29) is 11.8 Å². The monoisotopic (exact) mass is 418 g/mol. The van der Waals surface area contributed by atoms with Gasteiger partial charge < -0.3 is 15.6 Å². The first-order valence-electron chi connectivity index (χ1n) is 11.5. The summed E-state index contributed by atoms with van der Waals surface area (Å²) in [5.74, 6) is 0.824. The molecule has 164 valence electrons. The number of hydrogen-bond acceptors (Lipinski definition) is 3. The van der Waals surface area contributed by atoms with Crippen molar-refractivity contribution in [2.75, 3.05) is 19.6 Å². The predicted octanol–water partition coefficient (Wildman–Crippen LogP) is 4.88. The van der Waals surface area contributed by atoms with Crippen LogP contribution in [0.5, 0.6) is 0 Å². The lowest BCUT2D eigenvalue weighted by molar-refractivity contribution is -0.122. The molecule has 3 N–H and O–H groups in total. The molecule has 0 bridgehead atoms. The summed E-state index contributed by atoms with van der Waals surface area (Å²) in [6.45, 7) is 11.3. The van der Waals surface area contributed by atoms with Crippen molar-refractivity contribution in [2.45, 2.75) is 52.4 Å². The minimum atomic E-state index is -0.178. The van der Waals surface area contributed by atoms with Gasteiger partial charge in [-0.05, 0) is 87.0 Å². The van der Waals surface area contributed by atoms with Gasteiger partial charge in [-0.25, -0.2) is 0 Å². The van der Waals surface area contributed by atoms with E-state index in [1.807, 2.05) is 20.0 Å². The van der Waals surface area contributed by atoms with E-state index in [0.29, 0.717) is 11.8 Å². The highest BCUT2D eigenvalue weighted by atomic mass is 16.1. The molecule has 1 aromatic carbocycles. The predicted molar refractivity (Wildman–Crippen MR) is 127 cm³/mol. The summed E-state index contributed by atoms with van der Waals surface area (Å²) in [4.78, 5) is 20.8. The van der Waals surface area contributed by atoms with Gasteiger partial charge in [0.15, 0.2) is 0 Å². The van der Waals surface area contributed by atoms with Gasteiger partial charge in [-0.1, -0.05) is 19.9 Å². The summed E-state index contributed by atoms with van der Waals surface area (Å²) >= 11 is 0. The van der Waals surface area contributed by atoms with Crippen LogP contribution in [0.2, 0.25) is 0 Å². The lowest BCUT2D eigenvalue weighted by Gasteiger charge is -2.23. The van der Waals surface area contributed by atoms with E-state index in [0.717, 1.165) is 47.7 Å². The van der Waals surface area contributed by atoms with Crippen molar-refractivity contribution in [1.29, 1.82) is 0 Å². The lowest BCUT2D eigenvalue weighted by Crippen LogP contribution is -2.39. The van der Waals surface area contributed by atoms with Crippen molar-refractivity contribution in [3.63, 3.8) is 0 Å². The molecule has 2 aromatic heterocycles. The minimum Gasteiger partial charge on any atom is -0.355 e. The number of amides is 1. The van der Waals surface area contributed by atoms with Gasteiger partial charge in [0, 0.05) is 34.9 Å². The molecule has 5 nitrogen and oxygen atoms in total. The molecule has 0 aliphatic carbocycles. The number of aryl methyl sites for hydroxylation is 1. The van der Waals surface area contributed by atoms with Gasteiger partial charge in [-0.15, -0.1) is 0 Å². The topological polar surface area (TPSA) is 69.8 Å². The molecule has 0 saturated carbocycles. The van der Waals surface area contributed by atoms with Crippen LogP contribution in [-0.2, 0) is 4.79 Å². The summed E-state index contributed by atoms with van der Waals surface area (Å²) < 4.78 is 0. The second-order valence-electron chi connectivity index (χ2n) is 9.24. The van der Waals surface area contributed by atoms with Crippen LogP contribution in [0.15, 0.2) is 36.5 Å². The standard InChI is InChI=1S/C26H34N4O/c1-16(2)24-22-13-20(18(4)26(31)29-15-19-6-5-10-27-14-19)7-8-23(22)30-25(24)21-9-11-28-17(3)12-21/h7-9,11-13,16,18-19,27,30H,5-6,10,14-15H2,1-4H3,(H,29,31). The van der Waals surface area contributed by atoms with Crippen LogP contribution in [0, 0.1) is 12.8 Å². The summed E-state index contributed by atoms with van der Waals surface area (Å²) in [7, 11) is 0. The zero-order chi connectivity index (χ0) is 22.0. The molecule has 1 amide bonds. The number of pyridine rings is 1. The summed E-state index contributed by atoms with van der Waals surface area (Å²) in [5.41, 5.74) is 6.77. The Morgan fingerprint density at radius 2 is 2.06 bits per heavy atom. The number of benzene rings is 1. The van der Waals surface area contributed by atoms with Crippen molar-refractivity contribution in [2.24, 2.45) is 5.92 Å². The van der Waals surface area contributed by atoms with Gasteiger partial charge in [0.1, 0.15) is 0 Å². The molecular weight excluding hydrogens is 384 g/mol. The summed E-state index contributed by atoms with van der Waals surface area (Å²) in [6.07, 6.45) is 4.24. The molecule has 0 radical (unpaired) electrons. The fourth-order valence-corrected chi connectivity index (χ4v) is 4.68. The Morgan fingerprint density at radius 3 is 2.77 bits per heavy atom. The number of aromatic nitrogens is 2. The highest BCUT2D eigenvalue weighted by molar-refractivity contribution is 5.93. The molecule has 0 spiro atoms. The maximum Gasteiger partial charge on any atom is 0.227 e. The Labute approximate surface area is 185 Å². The van der Waals surface area contributed by atoms with E-state index >= 15 is 0 Å². The molecule has 2 unspecified atom stereocenters. The van der Waals surface area contributed by atoms with Gasteiger partial charge in [0.25, 0.3) is 0 Å². The van der Waals surface area contributed by atoms with Gasteiger partial charge in [-0.3, -0.25) is 9.78 Å².